The van der Waals surface area contributed by atoms with E-state index in [9.17, 15) is 9.18 Å². The molecule has 0 spiro atoms. The van der Waals surface area contributed by atoms with Gasteiger partial charge < -0.3 is 10.2 Å². The van der Waals surface area contributed by atoms with Crippen LogP contribution in [-0.2, 0) is 4.79 Å². The van der Waals surface area contributed by atoms with E-state index >= 15 is 0 Å². The van der Waals surface area contributed by atoms with Crippen LogP contribution in [0.3, 0.4) is 0 Å². The van der Waals surface area contributed by atoms with Crippen molar-refractivity contribution < 1.29 is 9.18 Å². The van der Waals surface area contributed by atoms with Crippen LogP contribution in [0.1, 0.15) is 31.2 Å². The van der Waals surface area contributed by atoms with Crippen molar-refractivity contribution in [2.75, 3.05) is 10.2 Å². The molecule has 3 aromatic rings. The van der Waals surface area contributed by atoms with Crippen LogP contribution in [-0.4, -0.2) is 32.9 Å². The molecule has 1 aliphatic carbocycles. The highest BCUT2D eigenvalue weighted by Gasteiger charge is 2.45. The molecule has 1 N–H and O–H groups in total. The number of benzene rings is 1. The van der Waals surface area contributed by atoms with Gasteiger partial charge in [-0.15, -0.1) is 0 Å². The first kappa shape index (κ1) is 19.6. The summed E-state index contributed by atoms with van der Waals surface area (Å²) in [5.41, 5.74) is 2.39. The van der Waals surface area contributed by atoms with Gasteiger partial charge in [-0.05, 0) is 68.4 Å². The number of hydrogen-bond acceptors (Lipinski definition) is 5. The van der Waals surface area contributed by atoms with E-state index < -0.39 is 5.82 Å². The Balaban J connectivity index is 1.39. The van der Waals surface area contributed by atoms with Gasteiger partial charge in [-0.1, -0.05) is 12.1 Å². The lowest BCUT2D eigenvalue weighted by Crippen LogP contribution is -2.44. The number of aryl methyl sites for hydroxylation is 1. The largest absolute Gasteiger partial charge is 0.341 e. The number of halogens is 1. The Morgan fingerprint density at radius 2 is 1.87 bits per heavy atom. The number of amides is 1. The average Bonchev–Trinajstić information content (AvgIpc) is 3.54. The Kier molecular flexibility index (Phi) is 5.10. The number of aromatic nitrogens is 3. The van der Waals surface area contributed by atoms with Crippen LogP contribution < -0.4 is 10.2 Å². The highest BCUT2D eigenvalue weighted by molar-refractivity contribution is 5.97. The second-order valence-corrected chi connectivity index (χ2v) is 8.34. The van der Waals surface area contributed by atoms with Gasteiger partial charge in [0.15, 0.2) is 11.6 Å². The summed E-state index contributed by atoms with van der Waals surface area (Å²) in [5, 5.41) is 3.07. The Labute approximate surface area is 180 Å². The number of nitrogens with one attached hydrogen (secondary N) is 1. The zero-order valence-corrected chi connectivity index (χ0v) is 17.3. The topological polar surface area (TPSA) is 71.0 Å². The van der Waals surface area contributed by atoms with Crippen molar-refractivity contribution >= 4 is 17.4 Å². The Bertz CT molecular complexity index is 1080. The molecule has 3 heterocycles. The van der Waals surface area contributed by atoms with Crippen molar-refractivity contribution in [1.29, 1.82) is 0 Å². The smallest absolute Gasteiger partial charge is 0.247 e. The van der Waals surface area contributed by atoms with E-state index in [0.29, 0.717) is 23.5 Å². The predicted octanol–water partition coefficient (Wildman–Crippen LogP) is 4.37. The number of carbonyl (C=O) groups excluding carboxylic acids is 1. The molecule has 0 radical (unpaired) electrons. The van der Waals surface area contributed by atoms with Crippen molar-refractivity contribution in [2.45, 2.75) is 44.7 Å². The van der Waals surface area contributed by atoms with E-state index in [1.165, 1.54) is 12.8 Å². The molecule has 1 saturated carbocycles. The summed E-state index contributed by atoms with van der Waals surface area (Å²) in [6, 6.07) is 11.6. The van der Waals surface area contributed by atoms with Crippen LogP contribution >= 0.6 is 0 Å². The van der Waals surface area contributed by atoms with Gasteiger partial charge in [0.1, 0.15) is 11.9 Å². The van der Waals surface area contributed by atoms with Crippen molar-refractivity contribution in [1.82, 2.24) is 15.0 Å². The third kappa shape index (κ3) is 4.00. The van der Waals surface area contributed by atoms with E-state index in [-0.39, 0.29) is 11.9 Å². The maximum Gasteiger partial charge on any atom is 0.247 e. The molecule has 31 heavy (non-hydrogen) atoms. The predicted molar refractivity (Wildman–Crippen MR) is 117 cm³/mol. The Morgan fingerprint density at radius 1 is 1.06 bits per heavy atom. The van der Waals surface area contributed by atoms with E-state index in [2.05, 4.69) is 25.2 Å². The first-order chi connectivity index (χ1) is 15.1. The fraction of sp³-hybridized carbons (Fsp3) is 0.333. The van der Waals surface area contributed by atoms with Gasteiger partial charge in [-0.3, -0.25) is 4.79 Å². The molecule has 1 aliphatic heterocycles. The number of carbonyl (C=O) groups is 1. The van der Waals surface area contributed by atoms with Gasteiger partial charge in [0.2, 0.25) is 5.91 Å². The molecule has 1 saturated heterocycles. The minimum Gasteiger partial charge on any atom is -0.341 e. The van der Waals surface area contributed by atoms with E-state index in [0.717, 1.165) is 42.2 Å². The van der Waals surface area contributed by atoms with Crippen molar-refractivity contribution in [3.63, 3.8) is 0 Å². The SMILES string of the molecule is Cc1ccc(NC(=O)[C@H]2CC[C@H](C3CC3)N2c2ccccn2)cc1-c1ncc(F)cn1. The minimum absolute atomic E-state index is 0.0383. The van der Waals surface area contributed by atoms with Gasteiger partial charge in [0.25, 0.3) is 0 Å². The number of hydrogen-bond donors (Lipinski definition) is 1. The van der Waals surface area contributed by atoms with Crippen LogP contribution in [0, 0.1) is 18.7 Å². The molecule has 6 nitrogen and oxygen atoms in total. The molecule has 1 amide bonds. The Morgan fingerprint density at radius 3 is 2.58 bits per heavy atom. The van der Waals surface area contributed by atoms with Crippen molar-refractivity contribution in [2.24, 2.45) is 5.92 Å². The number of pyridine rings is 1. The maximum atomic E-state index is 13.3. The van der Waals surface area contributed by atoms with Crippen LogP contribution in [0.5, 0.6) is 0 Å². The molecular weight excluding hydrogens is 393 g/mol. The van der Waals surface area contributed by atoms with Gasteiger partial charge in [-0.25, -0.2) is 19.3 Å². The molecule has 0 unspecified atom stereocenters. The fourth-order valence-electron chi connectivity index (χ4n) is 4.49. The first-order valence-corrected chi connectivity index (χ1v) is 10.7. The van der Waals surface area contributed by atoms with Gasteiger partial charge >= 0.3 is 0 Å². The van der Waals surface area contributed by atoms with Gasteiger partial charge in [0, 0.05) is 23.5 Å². The number of nitrogens with zero attached hydrogens (tertiary/aromatic N) is 4. The maximum absolute atomic E-state index is 13.3. The zero-order chi connectivity index (χ0) is 21.4. The average molecular weight is 417 g/mol. The normalized spacial score (nSPS) is 20.6. The lowest BCUT2D eigenvalue weighted by atomic mass is 10.1. The van der Waals surface area contributed by atoms with Gasteiger partial charge in [0.05, 0.1) is 12.4 Å². The summed E-state index contributed by atoms with van der Waals surface area (Å²) in [6.45, 7) is 1.94. The molecule has 0 bridgehead atoms. The zero-order valence-electron chi connectivity index (χ0n) is 17.3. The highest BCUT2D eigenvalue weighted by Crippen LogP contribution is 2.43. The van der Waals surface area contributed by atoms with E-state index in [4.69, 9.17) is 0 Å². The molecule has 1 aromatic carbocycles. The quantitative estimate of drug-likeness (QED) is 0.667. The van der Waals surface area contributed by atoms with Crippen molar-refractivity contribution in [3.8, 4) is 11.4 Å². The molecule has 5 rings (SSSR count). The van der Waals surface area contributed by atoms with Gasteiger partial charge in [-0.2, -0.15) is 0 Å². The number of anilines is 2. The third-order valence-electron chi connectivity index (χ3n) is 6.18. The van der Waals surface area contributed by atoms with E-state index in [1.54, 1.807) is 6.20 Å². The molecule has 2 aliphatic rings. The molecule has 7 heteroatoms. The van der Waals surface area contributed by atoms with Crippen LogP contribution in [0.15, 0.2) is 55.0 Å². The number of rotatable bonds is 5. The highest BCUT2D eigenvalue weighted by atomic mass is 19.1. The first-order valence-electron chi connectivity index (χ1n) is 10.7. The summed E-state index contributed by atoms with van der Waals surface area (Å²) in [4.78, 5) is 28.2. The fourth-order valence-corrected chi connectivity index (χ4v) is 4.49. The van der Waals surface area contributed by atoms with E-state index in [1.807, 2.05) is 43.3 Å². The summed E-state index contributed by atoms with van der Waals surface area (Å²) >= 11 is 0. The minimum atomic E-state index is -0.480. The van der Waals surface area contributed by atoms with Crippen LogP contribution in [0.25, 0.3) is 11.4 Å². The lowest BCUT2D eigenvalue weighted by Gasteiger charge is -2.31. The molecule has 2 aromatic heterocycles. The monoisotopic (exact) mass is 417 g/mol. The standard InChI is InChI=1S/C24H24FN5O/c1-15-5-8-18(12-19(15)23-27-13-17(25)14-28-23)29-24(31)21-10-9-20(16-6-7-16)30(21)22-4-2-3-11-26-22/h2-5,8,11-14,16,20-21H,6-7,9-10H2,1H3,(H,29,31)/t20-,21-/m1/s1. The van der Waals surface area contributed by atoms with Crippen LogP contribution in [0.4, 0.5) is 15.9 Å². The third-order valence-corrected chi connectivity index (χ3v) is 6.18. The van der Waals surface area contributed by atoms with Crippen LogP contribution in [0.2, 0.25) is 0 Å². The summed E-state index contributed by atoms with van der Waals surface area (Å²) in [7, 11) is 0. The summed E-state index contributed by atoms with van der Waals surface area (Å²) < 4.78 is 13.2. The second kappa shape index (κ2) is 8.06. The molecule has 2 fully saturated rings. The molecular formula is C24H24FN5O. The summed E-state index contributed by atoms with van der Waals surface area (Å²) in [5.74, 6) is 1.43. The summed E-state index contributed by atoms with van der Waals surface area (Å²) in [6.07, 6.45) is 8.33. The lowest BCUT2D eigenvalue weighted by molar-refractivity contribution is -0.117. The second-order valence-electron chi connectivity index (χ2n) is 8.34. The van der Waals surface area contributed by atoms with Crippen molar-refractivity contribution in [3.05, 3.63) is 66.4 Å². The molecule has 2 atom stereocenters. The molecule has 158 valence electrons. The Hall–Kier alpha value is -3.35.